The smallest absolute Gasteiger partial charge is 0.251 e. The SMILES string of the molecule is O=C(N[C@H]1C[C@@H]2OCC[C@H]12)c1ccc(CN2CCCCC2)cc1. The van der Waals surface area contributed by atoms with Gasteiger partial charge in [-0.1, -0.05) is 18.6 Å². The number of hydrogen-bond acceptors (Lipinski definition) is 3. The van der Waals surface area contributed by atoms with E-state index in [1.165, 1.54) is 37.9 Å². The fourth-order valence-electron chi connectivity index (χ4n) is 4.15. The Labute approximate surface area is 138 Å². The van der Waals surface area contributed by atoms with Crippen molar-refractivity contribution in [2.24, 2.45) is 5.92 Å². The van der Waals surface area contributed by atoms with E-state index >= 15 is 0 Å². The molecular weight excluding hydrogens is 288 g/mol. The topological polar surface area (TPSA) is 41.6 Å². The van der Waals surface area contributed by atoms with E-state index in [0.29, 0.717) is 18.1 Å². The van der Waals surface area contributed by atoms with Crippen molar-refractivity contribution in [2.45, 2.75) is 50.8 Å². The maximum absolute atomic E-state index is 12.4. The Balaban J connectivity index is 1.31. The van der Waals surface area contributed by atoms with Gasteiger partial charge in [-0.3, -0.25) is 9.69 Å². The van der Waals surface area contributed by atoms with E-state index in [4.69, 9.17) is 4.74 Å². The summed E-state index contributed by atoms with van der Waals surface area (Å²) in [5.41, 5.74) is 2.08. The molecule has 2 aliphatic heterocycles. The molecule has 1 aliphatic carbocycles. The summed E-state index contributed by atoms with van der Waals surface area (Å²) in [6.45, 7) is 4.27. The average molecular weight is 314 g/mol. The molecule has 1 amide bonds. The van der Waals surface area contributed by atoms with E-state index in [2.05, 4.69) is 22.3 Å². The number of piperidine rings is 1. The zero-order chi connectivity index (χ0) is 15.6. The fraction of sp³-hybridized carbons (Fsp3) is 0.632. The number of amides is 1. The average Bonchev–Trinajstić information content (AvgIpc) is 2.95. The molecule has 0 spiro atoms. The molecule has 3 fully saturated rings. The third kappa shape index (κ3) is 3.29. The summed E-state index contributed by atoms with van der Waals surface area (Å²) in [7, 11) is 0. The van der Waals surface area contributed by atoms with Crippen LogP contribution in [0, 0.1) is 5.92 Å². The molecule has 1 aromatic rings. The first-order chi connectivity index (χ1) is 11.3. The monoisotopic (exact) mass is 314 g/mol. The van der Waals surface area contributed by atoms with Gasteiger partial charge in [0.25, 0.3) is 5.91 Å². The lowest BCUT2D eigenvalue weighted by molar-refractivity contribution is 0.00810. The number of benzene rings is 1. The number of ether oxygens (including phenoxy) is 1. The second-order valence-corrected chi connectivity index (χ2v) is 7.21. The van der Waals surface area contributed by atoms with E-state index in [1.54, 1.807) is 0 Å². The number of rotatable bonds is 4. The van der Waals surface area contributed by atoms with Gasteiger partial charge in [-0.2, -0.15) is 0 Å². The Morgan fingerprint density at radius 3 is 2.70 bits per heavy atom. The summed E-state index contributed by atoms with van der Waals surface area (Å²) in [6.07, 6.45) is 6.45. The largest absolute Gasteiger partial charge is 0.378 e. The van der Waals surface area contributed by atoms with Crippen molar-refractivity contribution >= 4 is 5.91 Å². The first-order valence-corrected chi connectivity index (χ1v) is 9.03. The molecule has 2 heterocycles. The molecule has 4 heteroatoms. The number of likely N-dealkylation sites (tertiary alicyclic amines) is 1. The van der Waals surface area contributed by atoms with Crippen LogP contribution in [-0.4, -0.2) is 42.6 Å². The van der Waals surface area contributed by atoms with Gasteiger partial charge in [0.05, 0.1) is 6.10 Å². The number of hydrogen-bond donors (Lipinski definition) is 1. The van der Waals surface area contributed by atoms with Gasteiger partial charge in [0.15, 0.2) is 0 Å². The van der Waals surface area contributed by atoms with Crippen molar-refractivity contribution in [3.05, 3.63) is 35.4 Å². The highest BCUT2D eigenvalue weighted by molar-refractivity contribution is 5.94. The van der Waals surface area contributed by atoms with Crippen LogP contribution in [0.5, 0.6) is 0 Å². The predicted molar refractivity (Wildman–Crippen MR) is 89.3 cm³/mol. The van der Waals surface area contributed by atoms with Crippen LogP contribution < -0.4 is 5.32 Å². The van der Waals surface area contributed by atoms with Crippen LogP contribution in [0.25, 0.3) is 0 Å². The number of carbonyl (C=O) groups is 1. The van der Waals surface area contributed by atoms with Crippen molar-refractivity contribution in [2.75, 3.05) is 19.7 Å². The van der Waals surface area contributed by atoms with Gasteiger partial charge in [0.2, 0.25) is 0 Å². The number of carbonyl (C=O) groups excluding carboxylic acids is 1. The molecule has 0 unspecified atom stereocenters. The van der Waals surface area contributed by atoms with Crippen molar-refractivity contribution in [3.63, 3.8) is 0 Å². The van der Waals surface area contributed by atoms with Crippen LogP contribution in [-0.2, 0) is 11.3 Å². The summed E-state index contributed by atoms with van der Waals surface area (Å²) in [5, 5.41) is 3.18. The maximum Gasteiger partial charge on any atom is 0.251 e. The second kappa shape index (κ2) is 6.62. The first-order valence-electron chi connectivity index (χ1n) is 9.03. The molecule has 2 saturated heterocycles. The highest BCUT2D eigenvalue weighted by Gasteiger charge is 2.45. The summed E-state index contributed by atoms with van der Waals surface area (Å²) >= 11 is 0. The van der Waals surface area contributed by atoms with Crippen LogP contribution in [0.3, 0.4) is 0 Å². The van der Waals surface area contributed by atoms with Crippen molar-refractivity contribution in [1.29, 1.82) is 0 Å². The van der Waals surface area contributed by atoms with E-state index in [0.717, 1.165) is 31.6 Å². The third-order valence-electron chi connectivity index (χ3n) is 5.65. The molecule has 0 radical (unpaired) electrons. The number of fused-ring (bicyclic) bond motifs is 1. The van der Waals surface area contributed by atoms with Gasteiger partial charge < -0.3 is 10.1 Å². The van der Waals surface area contributed by atoms with Gasteiger partial charge in [-0.05, 0) is 56.5 Å². The van der Waals surface area contributed by atoms with E-state index in [-0.39, 0.29) is 5.91 Å². The van der Waals surface area contributed by atoms with E-state index in [9.17, 15) is 4.79 Å². The Morgan fingerprint density at radius 2 is 1.96 bits per heavy atom. The summed E-state index contributed by atoms with van der Waals surface area (Å²) in [6, 6.07) is 8.45. The van der Waals surface area contributed by atoms with E-state index < -0.39 is 0 Å². The Bertz CT molecular complexity index is 551. The van der Waals surface area contributed by atoms with Crippen molar-refractivity contribution in [3.8, 4) is 0 Å². The third-order valence-corrected chi connectivity index (χ3v) is 5.65. The molecule has 23 heavy (non-hydrogen) atoms. The lowest BCUT2D eigenvalue weighted by Crippen LogP contribution is -2.53. The van der Waals surface area contributed by atoms with Gasteiger partial charge in [-0.25, -0.2) is 0 Å². The minimum absolute atomic E-state index is 0.0601. The number of nitrogens with one attached hydrogen (secondary N) is 1. The highest BCUT2D eigenvalue weighted by Crippen LogP contribution is 2.38. The van der Waals surface area contributed by atoms with Gasteiger partial charge >= 0.3 is 0 Å². The van der Waals surface area contributed by atoms with Crippen LogP contribution in [0.15, 0.2) is 24.3 Å². The standard InChI is InChI=1S/C19H26N2O2/c22-19(20-17-12-18-16(17)8-11-23-18)15-6-4-14(5-7-15)13-21-9-2-1-3-10-21/h4-7,16-18H,1-3,8-13H2,(H,20,22)/t16-,17+,18+/m1/s1. The minimum Gasteiger partial charge on any atom is -0.378 e. The Morgan fingerprint density at radius 1 is 1.17 bits per heavy atom. The molecule has 0 aromatic heterocycles. The van der Waals surface area contributed by atoms with Crippen LogP contribution in [0.1, 0.15) is 48.0 Å². The Kier molecular flexibility index (Phi) is 4.36. The zero-order valence-corrected chi connectivity index (χ0v) is 13.7. The number of nitrogens with zero attached hydrogens (tertiary/aromatic N) is 1. The summed E-state index contributed by atoms with van der Waals surface area (Å²) in [5.74, 6) is 0.599. The van der Waals surface area contributed by atoms with Gasteiger partial charge in [0.1, 0.15) is 0 Å². The summed E-state index contributed by atoms with van der Waals surface area (Å²) in [4.78, 5) is 14.9. The van der Waals surface area contributed by atoms with Crippen LogP contribution in [0.4, 0.5) is 0 Å². The molecule has 124 valence electrons. The molecule has 4 rings (SSSR count). The second-order valence-electron chi connectivity index (χ2n) is 7.21. The van der Waals surface area contributed by atoms with Crippen molar-refractivity contribution in [1.82, 2.24) is 10.2 Å². The molecule has 1 aromatic carbocycles. The Hall–Kier alpha value is -1.39. The van der Waals surface area contributed by atoms with Crippen LogP contribution >= 0.6 is 0 Å². The lowest BCUT2D eigenvalue weighted by atomic mass is 9.76. The highest BCUT2D eigenvalue weighted by atomic mass is 16.5. The van der Waals surface area contributed by atoms with E-state index in [1.807, 2.05) is 12.1 Å². The normalized spacial score (nSPS) is 30.5. The van der Waals surface area contributed by atoms with Gasteiger partial charge in [0, 0.05) is 30.7 Å². The molecule has 4 nitrogen and oxygen atoms in total. The molecular formula is C19H26N2O2. The zero-order valence-electron chi connectivity index (χ0n) is 13.7. The van der Waals surface area contributed by atoms with Crippen LogP contribution in [0.2, 0.25) is 0 Å². The maximum atomic E-state index is 12.4. The molecule has 3 aliphatic rings. The summed E-state index contributed by atoms with van der Waals surface area (Å²) < 4.78 is 5.60. The predicted octanol–water partition coefficient (Wildman–Crippen LogP) is 2.58. The minimum atomic E-state index is 0.0601. The molecule has 1 N–H and O–H groups in total. The quantitative estimate of drug-likeness (QED) is 0.929. The lowest BCUT2D eigenvalue weighted by Gasteiger charge is -2.39. The molecule has 1 saturated carbocycles. The fourth-order valence-corrected chi connectivity index (χ4v) is 4.15. The first kappa shape index (κ1) is 15.2. The van der Waals surface area contributed by atoms with Gasteiger partial charge in [-0.15, -0.1) is 0 Å². The molecule has 3 atom stereocenters. The van der Waals surface area contributed by atoms with Crippen molar-refractivity contribution < 1.29 is 9.53 Å². The molecule has 0 bridgehead atoms.